The second-order valence-electron chi connectivity index (χ2n) is 5.41. The molecule has 0 aliphatic heterocycles. The molecule has 1 fully saturated rings. The summed E-state index contributed by atoms with van der Waals surface area (Å²) in [6.07, 6.45) is 9.78. The van der Waals surface area contributed by atoms with Crippen molar-refractivity contribution in [1.82, 2.24) is 10.6 Å². The summed E-state index contributed by atoms with van der Waals surface area (Å²) >= 11 is 0. The van der Waals surface area contributed by atoms with Crippen LogP contribution < -0.4 is 16.4 Å². The number of unbranched alkanes of at least 4 members (excludes halogenated alkanes) is 2. The molecule has 1 rings (SSSR count). The molecule has 0 spiro atoms. The minimum Gasteiger partial charge on any atom is -0.356 e. The molecule has 0 unspecified atom stereocenters. The van der Waals surface area contributed by atoms with Gasteiger partial charge in [0.2, 0.25) is 5.91 Å². The third kappa shape index (κ3) is 8.46. The highest BCUT2D eigenvalue weighted by atomic mass is 16.2. The third-order valence-corrected chi connectivity index (χ3v) is 3.69. The van der Waals surface area contributed by atoms with Crippen LogP contribution in [0.2, 0.25) is 0 Å². The lowest BCUT2D eigenvalue weighted by atomic mass is 9.89. The lowest BCUT2D eigenvalue weighted by Gasteiger charge is -2.21. The molecule has 0 atom stereocenters. The fraction of sp³-hybridized carbons (Fsp3) is 0.857. The van der Waals surface area contributed by atoms with Crippen molar-refractivity contribution in [1.29, 1.82) is 0 Å². The van der Waals surface area contributed by atoms with Crippen molar-refractivity contribution in [2.75, 3.05) is 13.1 Å². The van der Waals surface area contributed by atoms with Crippen LogP contribution >= 0.6 is 0 Å². The normalized spacial score (nSPS) is 16.0. The fourth-order valence-corrected chi connectivity index (χ4v) is 2.54. The molecular weight excluding hydrogens is 242 g/mol. The number of amides is 3. The minimum atomic E-state index is -0.481. The number of rotatable bonds is 8. The van der Waals surface area contributed by atoms with Crippen LogP contribution in [-0.2, 0) is 4.79 Å². The zero-order chi connectivity index (χ0) is 13.9. The molecule has 0 saturated heterocycles. The van der Waals surface area contributed by atoms with E-state index in [-0.39, 0.29) is 5.91 Å². The summed E-state index contributed by atoms with van der Waals surface area (Å²) < 4.78 is 0. The van der Waals surface area contributed by atoms with Crippen LogP contribution in [0.25, 0.3) is 0 Å². The predicted molar refractivity (Wildman–Crippen MR) is 75.6 cm³/mol. The van der Waals surface area contributed by atoms with Gasteiger partial charge in [0.1, 0.15) is 0 Å². The molecule has 5 nitrogen and oxygen atoms in total. The average molecular weight is 269 g/mol. The molecule has 1 aliphatic rings. The molecule has 4 N–H and O–H groups in total. The smallest absolute Gasteiger partial charge is 0.312 e. The Labute approximate surface area is 115 Å². The molecule has 0 aromatic rings. The number of nitrogens with two attached hydrogens (primary N) is 1. The standard InChI is InChI=1S/C14H27N3O2/c15-14(19)16-10-6-2-5-9-13(18)17-11-12-7-3-1-4-8-12/h12H,1-11H2,(H,17,18)(H3,15,16,19). The van der Waals surface area contributed by atoms with E-state index in [9.17, 15) is 9.59 Å². The first kappa shape index (κ1) is 15.8. The maximum absolute atomic E-state index is 11.6. The van der Waals surface area contributed by atoms with E-state index in [0.29, 0.717) is 18.9 Å². The predicted octanol–water partition coefficient (Wildman–Crippen LogP) is 1.91. The first-order chi connectivity index (χ1) is 9.18. The average Bonchev–Trinajstić information content (AvgIpc) is 2.41. The summed E-state index contributed by atoms with van der Waals surface area (Å²) in [7, 11) is 0. The number of urea groups is 1. The van der Waals surface area contributed by atoms with E-state index < -0.39 is 6.03 Å². The number of hydrogen-bond acceptors (Lipinski definition) is 2. The Morgan fingerprint density at radius 2 is 1.74 bits per heavy atom. The third-order valence-electron chi connectivity index (χ3n) is 3.69. The van der Waals surface area contributed by atoms with E-state index in [1.165, 1.54) is 32.1 Å². The first-order valence-corrected chi connectivity index (χ1v) is 7.48. The Bertz CT molecular complexity index is 276. The van der Waals surface area contributed by atoms with Crippen LogP contribution in [0.1, 0.15) is 57.8 Å². The Morgan fingerprint density at radius 3 is 2.42 bits per heavy atom. The number of nitrogens with one attached hydrogen (secondary N) is 2. The summed E-state index contributed by atoms with van der Waals surface area (Å²) in [6.45, 7) is 1.45. The van der Waals surface area contributed by atoms with Gasteiger partial charge in [0.15, 0.2) is 0 Å². The van der Waals surface area contributed by atoms with Crippen molar-refractivity contribution >= 4 is 11.9 Å². The molecule has 1 saturated carbocycles. The van der Waals surface area contributed by atoms with Crippen LogP contribution in [0.4, 0.5) is 4.79 Å². The van der Waals surface area contributed by atoms with E-state index in [0.717, 1.165) is 25.8 Å². The van der Waals surface area contributed by atoms with Gasteiger partial charge in [0.05, 0.1) is 0 Å². The first-order valence-electron chi connectivity index (χ1n) is 7.48. The van der Waals surface area contributed by atoms with Crippen LogP contribution in [0, 0.1) is 5.92 Å². The highest BCUT2D eigenvalue weighted by molar-refractivity contribution is 5.75. The molecule has 0 bridgehead atoms. The summed E-state index contributed by atoms with van der Waals surface area (Å²) in [6, 6.07) is -0.481. The van der Waals surface area contributed by atoms with Gasteiger partial charge in [-0.25, -0.2) is 4.79 Å². The van der Waals surface area contributed by atoms with E-state index in [4.69, 9.17) is 5.73 Å². The van der Waals surface area contributed by atoms with Gasteiger partial charge in [0.25, 0.3) is 0 Å². The molecule has 5 heteroatoms. The van der Waals surface area contributed by atoms with Crippen LogP contribution in [-0.4, -0.2) is 25.0 Å². The molecule has 1 aliphatic carbocycles. The largest absolute Gasteiger partial charge is 0.356 e. The topological polar surface area (TPSA) is 84.2 Å². The van der Waals surface area contributed by atoms with Gasteiger partial charge in [-0.15, -0.1) is 0 Å². The van der Waals surface area contributed by atoms with Gasteiger partial charge in [-0.2, -0.15) is 0 Å². The van der Waals surface area contributed by atoms with Gasteiger partial charge in [-0.3, -0.25) is 4.79 Å². The van der Waals surface area contributed by atoms with E-state index in [1.807, 2.05) is 0 Å². The molecular formula is C14H27N3O2. The lowest BCUT2D eigenvalue weighted by molar-refractivity contribution is -0.121. The van der Waals surface area contributed by atoms with E-state index in [1.54, 1.807) is 0 Å². The molecule has 0 aromatic heterocycles. The number of carbonyl (C=O) groups excluding carboxylic acids is 2. The Balaban J connectivity index is 1.91. The van der Waals surface area contributed by atoms with E-state index in [2.05, 4.69) is 10.6 Å². The maximum Gasteiger partial charge on any atom is 0.312 e. The van der Waals surface area contributed by atoms with Crippen molar-refractivity contribution in [3.05, 3.63) is 0 Å². The van der Waals surface area contributed by atoms with Gasteiger partial charge in [-0.1, -0.05) is 25.7 Å². The second-order valence-corrected chi connectivity index (χ2v) is 5.41. The SMILES string of the molecule is NC(=O)NCCCCCC(=O)NCC1CCCCC1. The van der Waals surface area contributed by atoms with Crippen molar-refractivity contribution < 1.29 is 9.59 Å². The molecule has 0 aromatic carbocycles. The summed E-state index contributed by atoms with van der Waals surface area (Å²) in [5.74, 6) is 0.853. The molecule has 0 radical (unpaired) electrons. The minimum absolute atomic E-state index is 0.161. The van der Waals surface area contributed by atoms with Crippen molar-refractivity contribution in [3.8, 4) is 0 Å². The summed E-state index contributed by atoms with van der Waals surface area (Å²) in [5.41, 5.74) is 4.95. The molecule has 110 valence electrons. The molecule has 3 amide bonds. The number of carbonyl (C=O) groups is 2. The van der Waals surface area contributed by atoms with Crippen molar-refractivity contribution in [3.63, 3.8) is 0 Å². The van der Waals surface area contributed by atoms with Gasteiger partial charge in [-0.05, 0) is 31.6 Å². The van der Waals surface area contributed by atoms with E-state index >= 15 is 0 Å². The van der Waals surface area contributed by atoms with Gasteiger partial charge < -0.3 is 16.4 Å². The highest BCUT2D eigenvalue weighted by Gasteiger charge is 2.13. The highest BCUT2D eigenvalue weighted by Crippen LogP contribution is 2.22. The summed E-state index contributed by atoms with van der Waals surface area (Å²) in [4.78, 5) is 22.0. The fourth-order valence-electron chi connectivity index (χ4n) is 2.54. The zero-order valence-electron chi connectivity index (χ0n) is 11.7. The van der Waals surface area contributed by atoms with Gasteiger partial charge >= 0.3 is 6.03 Å². The zero-order valence-corrected chi connectivity index (χ0v) is 11.7. The van der Waals surface area contributed by atoms with Crippen molar-refractivity contribution in [2.45, 2.75) is 57.8 Å². The van der Waals surface area contributed by atoms with Crippen LogP contribution in [0.3, 0.4) is 0 Å². The number of hydrogen-bond donors (Lipinski definition) is 3. The maximum atomic E-state index is 11.6. The monoisotopic (exact) mass is 269 g/mol. The summed E-state index contributed by atoms with van der Waals surface area (Å²) in [5, 5.41) is 5.57. The molecule has 0 heterocycles. The molecule has 19 heavy (non-hydrogen) atoms. The Hall–Kier alpha value is -1.26. The Morgan fingerprint density at radius 1 is 1.00 bits per heavy atom. The van der Waals surface area contributed by atoms with Crippen molar-refractivity contribution in [2.24, 2.45) is 11.7 Å². The quantitative estimate of drug-likeness (QED) is 0.588. The second kappa shape index (κ2) is 9.64. The van der Waals surface area contributed by atoms with Crippen LogP contribution in [0.5, 0.6) is 0 Å². The Kier molecular flexibility index (Phi) is 8.02. The number of primary amides is 1. The van der Waals surface area contributed by atoms with Crippen LogP contribution in [0.15, 0.2) is 0 Å². The van der Waals surface area contributed by atoms with Gasteiger partial charge in [0, 0.05) is 19.5 Å². The lowest BCUT2D eigenvalue weighted by Crippen LogP contribution is -2.30.